The van der Waals surface area contributed by atoms with Crippen molar-refractivity contribution >= 4 is 16.9 Å². The molecule has 0 N–H and O–H groups in total. The van der Waals surface area contributed by atoms with Crippen molar-refractivity contribution < 1.29 is 9.21 Å². The minimum absolute atomic E-state index is 0.259. The second-order valence-electron chi connectivity index (χ2n) is 5.34. The maximum absolute atomic E-state index is 11.9. The van der Waals surface area contributed by atoms with Crippen LogP contribution in [-0.4, -0.2) is 23.9 Å². The van der Waals surface area contributed by atoms with Crippen molar-refractivity contribution in [1.82, 2.24) is 4.90 Å². The van der Waals surface area contributed by atoms with Crippen LogP contribution in [0.25, 0.3) is 11.0 Å². The molecule has 0 bridgehead atoms. The highest BCUT2D eigenvalue weighted by Crippen LogP contribution is 2.46. The minimum atomic E-state index is 0.259. The van der Waals surface area contributed by atoms with E-state index in [2.05, 4.69) is 6.07 Å². The van der Waals surface area contributed by atoms with Crippen molar-refractivity contribution in [2.24, 2.45) is 0 Å². The van der Waals surface area contributed by atoms with Gasteiger partial charge < -0.3 is 9.32 Å². The van der Waals surface area contributed by atoms with Crippen LogP contribution in [0.15, 0.2) is 34.9 Å². The monoisotopic (exact) mass is 257 g/mol. The number of benzene rings is 1. The molecule has 1 aliphatic carbocycles. The SMILES string of the molecule is CCCC(=O)N(C)C1CC1c1cccc2occc12. The zero-order chi connectivity index (χ0) is 13.4. The van der Waals surface area contributed by atoms with Crippen LogP contribution in [0.4, 0.5) is 0 Å². The maximum Gasteiger partial charge on any atom is 0.222 e. The van der Waals surface area contributed by atoms with Crippen LogP contribution in [0.2, 0.25) is 0 Å². The second kappa shape index (κ2) is 4.72. The fourth-order valence-electron chi connectivity index (χ4n) is 2.86. The number of hydrogen-bond donors (Lipinski definition) is 0. The van der Waals surface area contributed by atoms with Crippen molar-refractivity contribution in [3.8, 4) is 0 Å². The van der Waals surface area contributed by atoms with Crippen LogP contribution in [0.3, 0.4) is 0 Å². The van der Waals surface area contributed by atoms with Crippen LogP contribution in [0, 0.1) is 0 Å². The number of carbonyl (C=O) groups is 1. The molecular formula is C16H19NO2. The van der Waals surface area contributed by atoms with Crippen LogP contribution in [-0.2, 0) is 4.79 Å². The zero-order valence-corrected chi connectivity index (χ0v) is 11.4. The fourth-order valence-corrected chi connectivity index (χ4v) is 2.86. The van der Waals surface area contributed by atoms with Gasteiger partial charge in [0.1, 0.15) is 5.58 Å². The molecule has 1 saturated carbocycles. The van der Waals surface area contributed by atoms with Crippen molar-refractivity contribution in [2.45, 2.75) is 38.1 Å². The van der Waals surface area contributed by atoms with Gasteiger partial charge in [0.2, 0.25) is 5.91 Å². The van der Waals surface area contributed by atoms with E-state index in [4.69, 9.17) is 4.42 Å². The molecule has 2 unspecified atom stereocenters. The number of fused-ring (bicyclic) bond motifs is 1. The quantitative estimate of drug-likeness (QED) is 0.839. The Morgan fingerprint density at radius 3 is 3.05 bits per heavy atom. The molecule has 1 fully saturated rings. The summed E-state index contributed by atoms with van der Waals surface area (Å²) in [7, 11) is 1.93. The lowest BCUT2D eigenvalue weighted by atomic mass is 10.1. The average molecular weight is 257 g/mol. The average Bonchev–Trinajstić information content (AvgIpc) is 3.06. The molecule has 0 aliphatic heterocycles. The standard InChI is InChI=1S/C16H19NO2/c1-3-5-16(18)17(2)14-10-13(14)11-6-4-7-15-12(11)8-9-19-15/h4,6-9,13-14H,3,5,10H2,1-2H3. The minimum Gasteiger partial charge on any atom is -0.464 e. The second-order valence-corrected chi connectivity index (χ2v) is 5.34. The Hall–Kier alpha value is -1.77. The fraction of sp³-hybridized carbons (Fsp3) is 0.438. The summed E-state index contributed by atoms with van der Waals surface area (Å²) in [5.41, 5.74) is 2.25. The predicted octanol–water partition coefficient (Wildman–Crippen LogP) is 3.55. The summed E-state index contributed by atoms with van der Waals surface area (Å²) in [6.45, 7) is 2.04. The number of amides is 1. The smallest absolute Gasteiger partial charge is 0.222 e. The van der Waals surface area contributed by atoms with Gasteiger partial charge in [0.05, 0.1) is 6.26 Å². The first-order valence-corrected chi connectivity index (χ1v) is 6.94. The normalized spacial score (nSPS) is 21.6. The Bertz CT molecular complexity index is 602. The summed E-state index contributed by atoms with van der Waals surface area (Å²) >= 11 is 0. The van der Waals surface area contributed by atoms with Gasteiger partial charge in [0.25, 0.3) is 0 Å². The van der Waals surface area contributed by atoms with E-state index < -0.39 is 0 Å². The molecule has 0 radical (unpaired) electrons. The Kier molecular flexibility index (Phi) is 3.05. The van der Waals surface area contributed by atoms with Gasteiger partial charge in [0.15, 0.2) is 0 Å². The van der Waals surface area contributed by atoms with E-state index >= 15 is 0 Å². The van der Waals surface area contributed by atoms with Gasteiger partial charge in [-0.1, -0.05) is 19.1 Å². The largest absolute Gasteiger partial charge is 0.464 e. The molecule has 1 heterocycles. The number of hydrogen-bond acceptors (Lipinski definition) is 2. The molecule has 100 valence electrons. The lowest BCUT2D eigenvalue weighted by molar-refractivity contribution is -0.130. The highest BCUT2D eigenvalue weighted by molar-refractivity contribution is 5.83. The molecule has 1 amide bonds. The van der Waals surface area contributed by atoms with E-state index in [0.29, 0.717) is 18.4 Å². The van der Waals surface area contributed by atoms with Crippen molar-refractivity contribution in [1.29, 1.82) is 0 Å². The van der Waals surface area contributed by atoms with E-state index in [0.717, 1.165) is 18.4 Å². The topological polar surface area (TPSA) is 33.5 Å². The lowest BCUT2D eigenvalue weighted by Crippen LogP contribution is -2.29. The Morgan fingerprint density at radius 2 is 2.26 bits per heavy atom. The summed E-state index contributed by atoms with van der Waals surface area (Å²) in [6, 6.07) is 8.56. The molecule has 2 aromatic rings. The highest BCUT2D eigenvalue weighted by atomic mass is 16.3. The number of rotatable bonds is 4. The van der Waals surface area contributed by atoms with Gasteiger partial charge >= 0.3 is 0 Å². The summed E-state index contributed by atoms with van der Waals surface area (Å²) in [4.78, 5) is 13.8. The highest BCUT2D eigenvalue weighted by Gasteiger charge is 2.43. The van der Waals surface area contributed by atoms with E-state index in [9.17, 15) is 4.79 Å². The van der Waals surface area contributed by atoms with Crippen LogP contribution in [0.1, 0.15) is 37.7 Å². The number of carbonyl (C=O) groups excluding carboxylic acids is 1. The zero-order valence-electron chi connectivity index (χ0n) is 11.4. The summed E-state index contributed by atoms with van der Waals surface area (Å²) in [5, 5.41) is 1.19. The van der Waals surface area contributed by atoms with Gasteiger partial charge in [-0.3, -0.25) is 4.79 Å². The Balaban J connectivity index is 1.79. The van der Waals surface area contributed by atoms with Gasteiger partial charge in [-0.05, 0) is 30.5 Å². The molecular weight excluding hydrogens is 238 g/mol. The molecule has 1 aliphatic rings. The van der Waals surface area contributed by atoms with Crippen molar-refractivity contribution in [3.05, 3.63) is 36.1 Å². The molecule has 3 rings (SSSR count). The molecule has 3 nitrogen and oxygen atoms in total. The van der Waals surface area contributed by atoms with Crippen LogP contribution >= 0.6 is 0 Å². The summed E-state index contributed by atoms with van der Waals surface area (Å²) in [6.07, 6.45) is 4.36. The molecule has 0 saturated heterocycles. The number of likely N-dealkylation sites (N-methyl/N-ethyl adjacent to an activating group) is 1. The molecule has 1 aromatic carbocycles. The number of furan rings is 1. The molecule has 0 spiro atoms. The Labute approximate surface area is 113 Å². The third-order valence-corrected chi connectivity index (χ3v) is 4.04. The molecule has 19 heavy (non-hydrogen) atoms. The van der Waals surface area contributed by atoms with E-state index in [-0.39, 0.29) is 5.91 Å². The van der Waals surface area contributed by atoms with Crippen LogP contribution < -0.4 is 0 Å². The third kappa shape index (κ3) is 2.14. The molecule has 3 heteroatoms. The van der Waals surface area contributed by atoms with E-state index in [1.807, 2.05) is 37.1 Å². The van der Waals surface area contributed by atoms with Gasteiger partial charge in [-0.25, -0.2) is 0 Å². The maximum atomic E-state index is 11.9. The van der Waals surface area contributed by atoms with E-state index in [1.54, 1.807) is 6.26 Å². The first-order chi connectivity index (χ1) is 9.22. The predicted molar refractivity (Wildman–Crippen MR) is 75.0 cm³/mol. The van der Waals surface area contributed by atoms with Gasteiger partial charge in [-0.2, -0.15) is 0 Å². The third-order valence-electron chi connectivity index (χ3n) is 4.04. The van der Waals surface area contributed by atoms with Crippen molar-refractivity contribution in [2.75, 3.05) is 7.05 Å². The van der Waals surface area contributed by atoms with Gasteiger partial charge in [-0.15, -0.1) is 0 Å². The summed E-state index contributed by atoms with van der Waals surface area (Å²) < 4.78 is 5.44. The Morgan fingerprint density at radius 1 is 1.42 bits per heavy atom. The molecule has 1 aromatic heterocycles. The van der Waals surface area contributed by atoms with E-state index in [1.165, 1.54) is 10.9 Å². The number of nitrogens with zero attached hydrogens (tertiary/aromatic N) is 1. The summed E-state index contributed by atoms with van der Waals surface area (Å²) in [5.74, 6) is 0.724. The first kappa shape index (κ1) is 12.3. The first-order valence-electron chi connectivity index (χ1n) is 6.94. The van der Waals surface area contributed by atoms with Crippen LogP contribution in [0.5, 0.6) is 0 Å². The van der Waals surface area contributed by atoms with Crippen molar-refractivity contribution in [3.63, 3.8) is 0 Å². The van der Waals surface area contributed by atoms with Gasteiger partial charge in [0, 0.05) is 30.8 Å². The molecule has 2 atom stereocenters. The lowest BCUT2D eigenvalue weighted by Gasteiger charge is -2.17.